The van der Waals surface area contributed by atoms with Gasteiger partial charge in [-0.15, -0.1) is 0 Å². The van der Waals surface area contributed by atoms with Crippen LogP contribution in [0.2, 0.25) is 0 Å². The summed E-state index contributed by atoms with van der Waals surface area (Å²) in [5.41, 5.74) is 2.24. The first-order chi connectivity index (χ1) is 11.6. The molecule has 2 aromatic heterocycles. The van der Waals surface area contributed by atoms with Gasteiger partial charge in [-0.2, -0.15) is 0 Å². The van der Waals surface area contributed by atoms with Crippen molar-refractivity contribution in [1.82, 2.24) is 4.98 Å². The van der Waals surface area contributed by atoms with E-state index in [0.717, 1.165) is 28.7 Å². The molecular weight excluding hydrogens is 328 g/mol. The molecule has 0 unspecified atom stereocenters. The number of ether oxygens (including phenoxy) is 1. The Hall–Kier alpha value is -2.67. The standard InChI is InChI=1S/C17H16N2O4S/c1-3-10-5-6-13-11(7-10)12(9-23-13)15(20)19-14-8-18-16(24-14)17(21)22-4-2/h5-9H,3-4H2,1-2H3,(H,19,20). The second-order valence-corrected chi connectivity index (χ2v) is 6.07. The van der Waals surface area contributed by atoms with Crippen molar-refractivity contribution < 1.29 is 18.7 Å². The summed E-state index contributed by atoms with van der Waals surface area (Å²) in [7, 11) is 0. The summed E-state index contributed by atoms with van der Waals surface area (Å²) in [5, 5.41) is 4.19. The van der Waals surface area contributed by atoms with E-state index in [1.807, 2.05) is 18.2 Å². The van der Waals surface area contributed by atoms with E-state index in [1.54, 1.807) is 6.92 Å². The molecule has 24 heavy (non-hydrogen) atoms. The molecule has 0 atom stereocenters. The molecule has 0 saturated carbocycles. The molecule has 3 aromatic rings. The number of aromatic nitrogens is 1. The molecule has 1 aromatic carbocycles. The maximum absolute atomic E-state index is 12.5. The van der Waals surface area contributed by atoms with Crippen LogP contribution in [0.25, 0.3) is 11.0 Å². The van der Waals surface area contributed by atoms with Crippen LogP contribution in [-0.2, 0) is 11.2 Å². The highest BCUT2D eigenvalue weighted by Crippen LogP contribution is 2.25. The highest BCUT2D eigenvalue weighted by atomic mass is 32.1. The van der Waals surface area contributed by atoms with Crippen molar-refractivity contribution in [1.29, 1.82) is 0 Å². The molecule has 2 heterocycles. The Bertz CT molecular complexity index is 897. The molecule has 7 heteroatoms. The zero-order chi connectivity index (χ0) is 17.1. The number of aryl methyl sites for hydroxylation is 1. The van der Waals surface area contributed by atoms with Crippen molar-refractivity contribution in [2.75, 3.05) is 11.9 Å². The number of fused-ring (bicyclic) bond motifs is 1. The van der Waals surface area contributed by atoms with Crippen LogP contribution in [0.1, 0.15) is 39.6 Å². The van der Waals surface area contributed by atoms with Crippen molar-refractivity contribution in [2.24, 2.45) is 0 Å². The van der Waals surface area contributed by atoms with Gasteiger partial charge in [0.1, 0.15) is 16.8 Å². The first-order valence-corrected chi connectivity index (χ1v) is 8.38. The molecule has 0 saturated heterocycles. The van der Waals surface area contributed by atoms with E-state index in [-0.39, 0.29) is 17.5 Å². The third kappa shape index (κ3) is 3.16. The third-order valence-electron chi connectivity index (χ3n) is 3.48. The molecule has 1 N–H and O–H groups in total. The van der Waals surface area contributed by atoms with Gasteiger partial charge in [0.05, 0.1) is 18.4 Å². The van der Waals surface area contributed by atoms with Gasteiger partial charge < -0.3 is 14.5 Å². The van der Waals surface area contributed by atoms with Crippen LogP contribution in [0.5, 0.6) is 0 Å². The summed E-state index contributed by atoms with van der Waals surface area (Å²) in [5.74, 6) is -0.801. The number of amides is 1. The third-order valence-corrected chi connectivity index (χ3v) is 4.38. The Kier molecular flexibility index (Phi) is 4.61. The Labute approximate surface area is 142 Å². The number of furan rings is 1. The first kappa shape index (κ1) is 16.2. The number of nitrogens with one attached hydrogen (secondary N) is 1. The lowest BCUT2D eigenvalue weighted by atomic mass is 10.1. The summed E-state index contributed by atoms with van der Waals surface area (Å²) in [6.45, 7) is 4.05. The predicted octanol–water partition coefficient (Wildman–Crippen LogP) is 3.88. The normalized spacial score (nSPS) is 10.8. The average molecular weight is 344 g/mol. The molecule has 0 aliphatic carbocycles. The molecule has 0 bridgehead atoms. The summed E-state index contributed by atoms with van der Waals surface area (Å²) in [6, 6.07) is 5.78. The number of anilines is 1. The van der Waals surface area contributed by atoms with Crippen LogP contribution in [0.4, 0.5) is 5.00 Å². The lowest BCUT2D eigenvalue weighted by Gasteiger charge is -2.01. The second kappa shape index (κ2) is 6.84. The molecule has 0 spiro atoms. The fourth-order valence-electron chi connectivity index (χ4n) is 2.27. The van der Waals surface area contributed by atoms with Crippen LogP contribution in [-0.4, -0.2) is 23.5 Å². The number of benzene rings is 1. The number of hydrogen-bond donors (Lipinski definition) is 1. The van der Waals surface area contributed by atoms with Gasteiger partial charge in [0.2, 0.25) is 5.01 Å². The minimum atomic E-state index is -0.496. The van der Waals surface area contributed by atoms with Crippen molar-refractivity contribution in [3.8, 4) is 0 Å². The van der Waals surface area contributed by atoms with Crippen molar-refractivity contribution in [3.63, 3.8) is 0 Å². The zero-order valence-electron chi connectivity index (χ0n) is 13.3. The summed E-state index contributed by atoms with van der Waals surface area (Å²) < 4.78 is 10.3. The summed E-state index contributed by atoms with van der Waals surface area (Å²) >= 11 is 1.07. The first-order valence-electron chi connectivity index (χ1n) is 7.56. The smallest absolute Gasteiger partial charge is 0.367 e. The minimum absolute atomic E-state index is 0.206. The topological polar surface area (TPSA) is 81.4 Å². The van der Waals surface area contributed by atoms with Gasteiger partial charge in [0.25, 0.3) is 5.91 Å². The zero-order valence-corrected chi connectivity index (χ0v) is 14.1. The van der Waals surface area contributed by atoms with Gasteiger partial charge in [-0.1, -0.05) is 24.3 Å². The van der Waals surface area contributed by atoms with E-state index in [2.05, 4.69) is 17.2 Å². The minimum Gasteiger partial charge on any atom is -0.463 e. The highest BCUT2D eigenvalue weighted by molar-refractivity contribution is 7.17. The van der Waals surface area contributed by atoms with Crippen LogP contribution < -0.4 is 5.32 Å². The summed E-state index contributed by atoms with van der Waals surface area (Å²) in [6.07, 6.45) is 3.75. The van der Waals surface area contributed by atoms with Crippen LogP contribution in [0.3, 0.4) is 0 Å². The number of carbonyl (C=O) groups excluding carboxylic acids is 2. The molecule has 3 rings (SSSR count). The summed E-state index contributed by atoms with van der Waals surface area (Å²) in [4.78, 5) is 28.1. The molecule has 0 fully saturated rings. The molecule has 124 valence electrons. The molecule has 6 nitrogen and oxygen atoms in total. The van der Waals surface area contributed by atoms with Crippen molar-refractivity contribution in [2.45, 2.75) is 20.3 Å². The number of hydrogen-bond acceptors (Lipinski definition) is 6. The van der Waals surface area contributed by atoms with E-state index < -0.39 is 5.97 Å². The van der Waals surface area contributed by atoms with Gasteiger partial charge in [-0.05, 0) is 31.0 Å². The average Bonchev–Trinajstić information content (AvgIpc) is 3.21. The van der Waals surface area contributed by atoms with Crippen LogP contribution in [0.15, 0.2) is 35.1 Å². The Morgan fingerprint density at radius 1 is 1.33 bits per heavy atom. The molecule has 0 aliphatic rings. The largest absolute Gasteiger partial charge is 0.463 e. The predicted molar refractivity (Wildman–Crippen MR) is 91.6 cm³/mol. The lowest BCUT2D eigenvalue weighted by molar-refractivity contribution is 0.0526. The molecule has 1 amide bonds. The van der Waals surface area contributed by atoms with Crippen LogP contribution in [0, 0.1) is 0 Å². The van der Waals surface area contributed by atoms with Gasteiger partial charge >= 0.3 is 5.97 Å². The molecule has 0 aliphatic heterocycles. The van der Waals surface area contributed by atoms with Gasteiger partial charge in [-0.25, -0.2) is 9.78 Å². The van der Waals surface area contributed by atoms with Crippen LogP contribution >= 0.6 is 11.3 Å². The van der Waals surface area contributed by atoms with Gasteiger partial charge in [-0.3, -0.25) is 4.79 Å². The van der Waals surface area contributed by atoms with Crippen molar-refractivity contribution in [3.05, 3.63) is 46.8 Å². The Balaban J connectivity index is 1.81. The molecule has 0 radical (unpaired) electrons. The number of nitrogens with zero attached hydrogens (tertiary/aromatic N) is 1. The number of carbonyl (C=O) groups is 2. The number of rotatable bonds is 5. The van der Waals surface area contributed by atoms with Crippen molar-refractivity contribution >= 4 is 39.2 Å². The Morgan fingerprint density at radius 3 is 2.92 bits per heavy atom. The van der Waals surface area contributed by atoms with E-state index in [4.69, 9.17) is 9.15 Å². The maximum atomic E-state index is 12.5. The van der Waals surface area contributed by atoms with E-state index >= 15 is 0 Å². The van der Waals surface area contributed by atoms with Gasteiger partial charge in [0, 0.05) is 5.39 Å². The highest BCUT2D eigenvalue weighted by Gasteiger charge is 2.17. The fraction of sp³-hybridized carbons (Fsp3) is 0.235. The molecular formula is C17H16N2O4S. The monoisotopic (exact) mass is 344 g/mol. The number of esters is 1. The van der Waals surface area contributed by atoms with E-state index in [9.17, 15) is 9.59 Å². The number of thiazole rings is 1. The van der Waals surface area contributed by atoms with Gasteiger partial charge in [0.15, 0.2) is 0 Å². The lowest BCUT2D eigenvalue weighted by Crippen LogP contribution is -2.10. The SMILES string of the molecule is CCOC(=O)c1ncc(NC(=O)c2coc3ccc(CC)cc23)s1. The van der Waals surface area contributed by atoms with E-state index in [0.29, 0.717) is 16.1 Å². The second-order valence-electron chi connectivity index (χ2n) is 5.04. The quantitative estimate of drug-likeness (QED) is 0.710. The maximum Gasteiger partial charge on any atom is 0.367 e. The Morgan fingerprint density at radius 2 is 2.17 bits per heavy atom. The fourth-order valence-corrected chi connectivity index (χ4v) is 2.98. The van der Waals surface area contributed by atoms with E-state index in [1.165, 1.54) is 12.5 Å².